The number of rotatable bonds is 4. The van der Waals surface area contributed by atoms with Gasteiger partial charge in [-0.1, -0.05) is 18.7 Å². The number of benzene rings is 1. The maximum atomic E-state index is 11.1. The summed E-state index contributed by atoms with van der Waals surface area (Å²) in [7, 11) is 1.62. The molecule has 0 saturated carbocycles. The Hall–Kier alpha value is -1.77. The lowest BCUT2D eigenvalue weighted by molar-refractivity contribution is -0.117. The van der Waals surface area contributed by atoms with Crippen molar-refractivity contribution in [1.82, 2.24) is 5.32 Å². The molecule has 0 fully saturated rings. The molecule has 15 heavy (non-hydrogen) atoms. The lowest BCUT2D eigenvalue weighted by Gasteiger charge is -2.13. The molecule has 3 heteroatoms. The second-order valence-electron chi connectivity index (χ2n) is 3.21. The summed E-state index contributed by atoms with van der Waals surface area (Å²) in [6, 6.07) is 7.55. The van der Waals surface area contributed by atoms with E-state index in [4.69, 9.17) is 4.74 Å². The maximum absolute atomic E-state index is 11.1. The third kappa shape index (κ3) is 3.13. The van der Waals surface area contributed by atoms with Crippen molar-refractivity contribution in [2.45, 2.75) is 13.0 Å². The molecule has 0 aliphatic heterocycles. The van der Waals surface area contributed by atoms with Gasteiger partial charge in [-0.3, -0.25) is 4.79 Å². The molecule has 1 rings (SSSR count). The van der Waals surface area contributed by atoms with E-state index in [1.165, 1.54) is 6.08 Å². The smallest absolute Gasteiger partial charge is 0.243 e. The van der Waals surface area contributed by atoms with Crippen molar-refractivity contribution in [1.29, 1.82) is 0 Å². The van der Waals surface area contributed by atoms with Crippen molar-refractivity contribution in [2.75, 3.05) is 7.11 Å². The molecule has 1 amide bonds. The summed E-state index contributed by atoms with van der Waals surface area (Å²) in [5, 5.41) is 2.78. The van der Waals surface area contributed by atoms with E-state index < -0.39 is 0 Å². The molecule has 0 bridgehead atoms. The van der Waals surface area contributed by atoms with Crippen molar-refractivity contribution in [3.63, 3.8) is 0 Å². The Balaban J connectivity index is 2.76. The normalized spacial score (nSPS) is 11.6. The molecular weight excluding hydrogens is 190 g/mol. The Bertz CT molecular complexity index is 360. The minimum Gasteiger partial charge on any atom is -0.497 e. The van der Waals surface area contributed by atoms with Gasteiger partial charge in [-0.25, -0.2) is 0 Å². The van der Waals surface area contributed by atoms with Gasteiger partial charge in [0.25, 0.3) is 0 Å². The van der Waals surface area contributed by atoms with Crippen LogP contribution in [0.15, 0.2) is 36.9 Å². The maximum Gasteiger partial charge on any atom is 0.243 e. The highest BCUT2D eigenvalue weighted by Crippen LogP contribution is 2.18. The molecule has 0 radical (unpaired) electrons. The fourth-order valence-electron chi connectivity index (χ4n) is 1.27. The number of nitrogens with one attached hydrogen (secondary N) is 1. The SMILES string of the molecule is C=CC(=O)NC(C)c1cccc(OC)c1. The van der Waals surface area contributed by atoms with E-state index in [9.17, 15) is 4.79 Å². The molecule has 0 spiro atoms. The Morgan fingerprint density at radius 2 is 2.33 bits per heavy atom. The Labute approximate surface area is 89.8 Å². The highest BCUT2D eigenvalue weighted by molar-refractivity contribution is 5.87. The van der Waals surface area contributed by atoms with Crippen LogP contribution in [0.3, 0.4) is 0 Å². The van der Waals surface area contributed by atoms with Gasteiger partial charge in [0.2, 0.25) is 5.91 Å². The average Bonchev–Trinajstić information content (AvgIpc) is 2.28. The van der Waals surface area contributed by atoms with E-state index in [-0.39, 0.29) is 11.9 Å². The zero-order chi connectivity index (χ0) is 11.3. The van der Waals surface area contributed by atoms with Gasteiger partial charge in [0.15, 0.2) is 0 Å². The molecule has 1 aromatic carbocycles. The molecule has 0 aliphatic carbocycles. The van der Waals surface area contributed by atoms with Crippen LogP contribution in [0.4, 0.5) is 0 Å². The predicted octanol–water partition coefficient (Wildman–Crippen LogP) is 2.06. The van der Waals surface area contributed by atoms with E-state index in [1.54, 1.807) is 7.11 Å². The van der Waals surface area contributed by atoms with Crippen LogP contribution in [-0.2, 0) is 4.79 Å². The fraction of sp³-hybridized carbons (Fsp3) is 0.250. The van der Waals surface area contributed by atoms with Crippen molar-refractivity contribution in [2.24, 2.45) is 0 Å². The van der Waals surface area contributed by atoms with Gasteiger partial charge >= 0.3 is 0 Å². The van der Waals surface area contributed by atoms with Crippen LogP contribution in [0.5, 0.6) is 5.75 Å². The van der Waals surface area contributed by atoms with Crippen molar-refractivity contribution in [3.05, 3.63) is 42.5 Å². The van der Waals surface area contributed by atoms with Gasteiger partial charge < -0.3 is 10.1 Å². The molecule has 80 valence electrons. The van der Waals surface area contributed by atoms with Crippen LogP contribution in [0.2, 0.25) is 0 Å². The first-order valence-corrected chi connectivity index (χ1v) is 4.74. The number of hydrogen-bond acceptors (Lipinski definition) is 2. The minimum atomic E-state index is -0.176. The van der Waals surface area contributed by atoms with Crippen LogP contribution >= 0.6 is 0 Å². The number of carbonyl (C=O) groups excluding carboxylic acids is 1. The zero-order valence-corrected chi connectivity index (χ0v) is 8.99. The first-order valence-electron chi connectivity index (χ1n) is 4.74. The molecule has 0 aromatic heterocycles. The molecule has 0 aliphatic rings. The summed E-state index contributed by atoms with van der Waals surface area (Å²) in [6.07, 6.45) is 1.26. The fourth-order valence-corrected chi connectivity index (χ4v) is 1.27. The Morgan fingerprint density at radius 3 is 2.93 bits per heavy atom. The van der Waals surface area contributed by atoms with Crippen molar-refractivity contribution >= 4 is 5.91 Å². The Kier molecular flexibility index (Phi) is 3.92. The lowest BCUT2D eigenvalue weighted by Crippen LogP contribution is -2.24. The number of ether oxygens (including phenoxy) is 1. The van der Waals surface area contributed by atoms with Crippen LogP contribution in [-0.4, -0.2) is 13.0 Å². The van der Waals surface area contributed by atoms with E-state index in [1.807, 2.05) is 31.2 Å². The number of methoxy groups -OCH3 is 1. The van der Waals surface area contributed by atoms with Crippen LogP contribution < -0.4 is 10.1 Å². The third-order valence-corrected chi connectivity index (χ3v) is 2.14. The first-order chi connectivity index (χ1) is 7.17. The van der Waals surface area contributed by atoms with Gasteiger partial charge in [0, 0.05) is 0 Å². The lowest BCUT2D eigenvalue weighted by atomic mass is 10.1. The molecule has 1 N–H and O–H groups in total. The van der Waals surface area contributed by atoms with Crippen molar-refractivity contribution < 1.29 is 9.53 Å². The summed E-state index contributed by atoms with van der Waals surface area (Å²) >= 11 is 0. The number of carbonyl (C=O) groups is 1. The minimum absolute atomic E-state index is 0.0504. The number of amides is 1. The van der Waals surface area contributed by atoms with E-state index in [0.717, 1.165) is 11.3 Å². The van der Waals surface area contributed by atoms with Crippen LogP contribution in [0.25, 0.3) is 0 Å². The zero-order valence-electron chi connectivity index (χ0n) is 8.99. The van der Waals surface area contributed by atoms with Crippen molar-refractivity contribution in [3.8, 4) is 5.75 Å². The summed E-state index contributed by atoms with van der Waals surface area (Å²) in [6.45, 7) is 5.32. The van der Waals surface area contributed by atoms with Gasteiger partial charge in [0.05, 0.1) is 13.2 Å². The summed E-state index contributed by atoms with van der Waals surface area (Å²) in [5.74, 6) is 0.609. The highest BCUT2D eigenvalue weighted by atomic mass is 16.5. The molecule has 1 atom stereocenters. The number of hydrogen-bond donors (Lipinski definition) is 1. The van der Waals surface area contributed by atoms with Gasteiger partial charge in [-0.15, -0.1) is 0 Å². The van der Waals surface area contributed by atoms with Gasteiger partial charge in [-0.2, -0.15) is 0 Å². The van der Waals surface area contributed by atoms with Gasteiger partial charge in [-0.05, 0) is 30.7 Å². The van der Waals surface area contributed by atoms with Gasteiger partial charge in [0.1, 0.15) is 5.75 Å². The van der Waals surface area contributed by atoms with E-state index in [0.29, 0.717) is 0 Å². The topological polar surface area (TPSA) is 38.3 Å². The molecule has 3 nitrogen and oxygen atoms in total. The van der Waals surface area contributed by atoms with E-state index in [2.05, 4.69) is 11.9 Å². The van der Waals surface area contributed by atoms with Crippen LogP contribution in [0.1, 0.15) is 18.5 Å². The second kappa shape index (κ2) is 5.20. The summed E-state index contributed by atoms with van der Waals surface area (Å²) < 4.78 is 5.10. The molecule has 1 aromatic rings. The largest absolute Gasteiger partial charge is 0.497 e. The molecule has 0 heterocycles. The standard InChI is InChI=1S/C12H15NO2/c1-4-12(14)13-9(2)10-6-5-7-11(8-10)15-3/h4-9H,1H2,2-3H3,(H,13,14). The second-order valence-corrected chi connectivity index (χ2v) is 3.21. The summed E-state index contributed by atoms with van der Waals surface area (Å²) in [5.41, 5.74) is 1.00. The predicted molar refractivity (Wildman–Crippen MR) is 59.7 cm³/mol. The van der Waals surface area contributed by atoms with E-state index >= 15 is 0 Å². The highest BCUT2D eigenvalue weighted by Gasteiger charge is 2.07. The quantitative estimate of drug-likeness (QED) is 0.764. The monoisotopic (exact) mass is 205 g/mol. The summed E-state index contributed by atoms with van der Waals surface area (Å²) in [4.78, 5) is 11.1. The molecule has 0 saturated heterocycles. The Morgan fingerprint density at radius 1 is 1.60 bits per heavy atom. The molecular formula is C12H15NO2. The molecule has 1 unspecified atom stereocenters. The van der Waals surface area contributed by atoms with Crippen LogP contribution in [0, 0.1) is 0 Å². The third-order valence-electron chi connectivity index (χ3n) is 2.14. The average molecular weight is 205 g/mol. The first kappa shape index (κ1) is 11.3.